The molecule has 56 heavy (non-hydrogen) atoms. The van der Waals surface area contributed by atoms with Crippen LogP contribution in [0.3, 0.4) is 0 Å². The van der Waals surface area contributed by atoms with Crippen LogP contribution in [0.2, 0.25) is 0 Å². The number of aliphatic carboxylic acids is 2. The standard InChI is InChI=1S/C38H52N8O9S/c1-21(2)15-30(38(54)55)45-37(53)31(19-39)46-34(50)27(16-22-9-5-4-6-10-22)43-35(51)28(17-23-20-41-26-12-8-7-11-24(23)26)44-36(52)29(18-32(47)48)42-33(49)25(40)13-14-56-3/h4-12,20-21,25,27-31,41H,13-19,39-40H2,1-3H3,(H,42,49)(H,43,51)(H,44,52)(H,45,53)(H,46,50)(H,47,48)(H,54,55)/t25-,27-,28-,29-,30-,31-/m0/s1. The molecule has 1 aromatic heterocycles. The van der Waals surface area contributed by atoms with Gasteiger partial charge in [0.15, 0.2) is 0 Å². The molecule has 6 atom stereocenters. The SMILES string of the molecule is CSCC[C@H](N)C(=O)N[C@@H](CC(=O)O)C(=O)N[C@@H](Cc1c[nH]c2ccccc12)C(=O)N[C@@H](Cc1ccccc1)C(=O)N[C@@H](CN)C(=O)N[C@@H](CC(C)C)C(=O)O. The highest BCUT2D eigenvalue weighted by atomic mass is 32.2. The minimum atomic E-state index is -1.60. The van der Waals surface area contributed by atoms with Crippen LogP contribution in [-0.4, -0.2) is 111 Å². The number of aromatic amines is 1. The number of carboxylic acid groups (broad SMARTS) is 2. The lowest BCUT2D eigenvalue weighted by atomic mass is 10.0. The van der Waals surface area contributed by atoms with Crippen LogP contribution in [-0.2, 0) is 46.4 Å². The first kappa shape index (κ1) is 44.9. The van der Waals surface area contributed by atoms with Crippen molar-refractivity contribution < 1.29 is 43.8 Å². The highest BCUT2D eigenvalue weighted by Crippen LogP contribution is 2.20. The van der Waals surface area contributed by atoms with Gasteiger partial charge in [0.1, 0.15) is 30.2 Å². The van der Waals surface area contributed by atoms with Gasteiger partial charge in [-0.15, -0.1) is 0 Å². The molecule has 5 amide bonds. The third-order valence-electron chi connectivity index (χ3n) is 8.82. The Morgan fingerprint density at radius 1 is 0.714 bits per heavy atom. The van der Waals surface area contributed by atoms with E-state index < -0.39 is 90.7 Å². The summed E-state index contributed by atoms with van der Waals surface area (Å²) in [5.41, 5.74) is 13.8. The molecule has 0 radical (unpaired) electrons. The zero-order chi connectivity index (χ0) is 41.4. The fraction of sp³-hybridized carbons (Fsp3) is 0.447. The van der Waals surface area contributed by atoms with Gasteiger partial charge in [-0.1, -0.05) is 62.4 Å². The number of H-pyrrole nitrogens is 1. The Bertz CT molecular complexity index is 1820. The van der Waals surface area contributed by atoms with Gasteiger partial charge in [0.2, 0.25) is 29.5 Å². The van der Waals surface area contributed by atoms with Crippen molar-refractivity contribution in [3.8, 4) is 0 Å². The van der Waals surface area contributed by atoms with Crippen LogP contribution in [0.15, 0.2) is 60.8 Å². The van der Waals surface area contributed by atoms with Crippen molar-refractivity contribution in [3.63, 3.8) is 0 Å². The number of hydrogen-bond acceptors (Lipinski definition) is 10. The summed E-state index contributed by atoms with van der Waals surface area (Å²) in [7, 11) is 0. The van der Waals surface area contributed by atoms with E-state index in [1.165, 1.54) is 11.8 Å². The number of aromatic nitrogens is 1. The zero-order valence-electron chi connectivity index (χ0n) is 31.6. The van der Waals surface area contributed by atoms with Crippen molar-refractivity contribution >= 4 is 64.1 Å². The molecule has 1 heterocycles. The van der Waals surface area contributed by atoms with Crippen molar-refractivity contribution in [1.82, 2.24) is 31.6 Å². The van der Waals surface area contributed by atoms with Gasteiger partial charge in [0.05, 0.1) is 12.5 Å². The molecular weight excluding hydrogens is 745 g/mol. The summed E-state index contributed by atoms with van der Waals surface area (Å²) in [5, 5.41) is 32.6. The van der Waals surface area contributed by atoms with E-state index in [-0.39, 0.29) is 31.6 Å². The number of hydrogen-bond donors (Lipinski definition) is 10. The Labute approximate surface area is 328 Å². The fourth-order valence-electron chi connectivity index (χ4n) is 5.84. The normalized spacial score (nSPS) is 14.4. The molecule has 304 valence electrons. The highest BCUT2D eigenvalue weighted by molar-refractivity contribution is 7.98. The maximum atomic E-state index is 14.2. The minimum Gasteiger partial charge on any atom is -0.481 e. The van der Waals surface area contributed by atoms with E-state index in [2.05, 4.69) is 31.6 Å². The second kappa shape index (κ2) is 22.2. The van der Waals surface area contributed by atoms with E-state index in [1.54, 1.807) is 62.5 Å². The number of thioether (sulfide) groups is 1. The van der Waals surface area contributed by atoms with Gasteiger partial charge in [-0.25, -0.2) is 4.79 Å². The van der Waals surface area contributed by atoms with Gasteiger partial charge in [-0.2, -0.15) is 11.8 Å². The number of carboxylic acids is 2. The number of rotatable bonds is 23. The minimum absolute atomic E-state index is 0.0660. The lowest BCUT2D eigenvalue weighted by Crippen LogP contribution is -2.61. The second-order valence-corrected chi connectivity index (χ2v) is 14.7. The first-order valence-electron chi connectivity index (χ1n) is 18.1. The fourth-order valence-corrected chi connectivity index (χ4v) is 6.33. The largest absolute Gasteiger partial charge is 0.481 e. The van der Waals surface area contributed by atoms with Crippen molar-refractivity contribution in [1.29, 1.82) is 0 Å². The van der Waals surface area contributed by atoms with Crippen LogP contribution in [0.4, 0.5) is 0 Å². The lowest BCUT2D eigenvalue weighted by molar-refractivity contribution is -0.143. The van der Waals surface area contributed by atoms with E-state index in [9.17, 15) is 43.8 Å². The molecule has 0 fully saturated rings. The van der Waals surface area contributed by atoms with Gasteiger partial charge in [0.25, 0.3) is 0 Å². The van der Waals surface area contributed by atoms with E-state index in [1.807, 2.05) is 18.4 Å². The number of amides is 5. The number of carbonyl (C=O) groups is 7. The molecule has 17 nitrogen and oxygen atoms in total. The Hall–Kier alpha value is -5.46. The number of benzene rings is 2. The van der Waals surface area contributed by atoms with Crippen LogP contribution in [0.5, 0.6) is 0 Å². The third kappa shape index (κ3) is 14.0. The summed E-state index contributed by atoms with van der Waals surface area (Å²) in [6.45, 7) is 3.19. The van der Waals surface area contributed by atoms with Crippen LogP contribution >= 0.6 is 11.8 Å². The molecule has 12 N–H and O–H groups in total. The molecule has 0 saturated carbocycles. The van der Waals surface area contributed by atoms with Crippen molar-refractivity contribution in [3.05, 3.63) is 71.9 Å². The van der Waals surface area contributed by atoms with Gasteiger partial charge in [-0.3, -0.25) is 28.8 Å². The summed E-state index contributed by atoms with van der Waals surface area (Å²) >= 11 is 1.46. The third-order valence-corrected chi connectivity index (χ3v) is 9.46. The Balaban J connectivity index is 1.94. The predicted molar refractivity (Wildman–Crippen MR) is 211 cm³/mol. The Morgan fingerprint density at radius 3 is 1.84 bits per heavy atom. The van der Waals surface area contributed by atoms with Crippen molar-refractivity contribution in [2.75, 3.05) is 18.6 Å². The van der Waals surface area contributed by atoms with E-state index in [4.69, 9.17) is 11.5 Å². The van der Waals surface area contributed by atoms with Crippen molar-refractivity contribution in [2.45, 2.75) is 82.2 Å². The molecule has 0 bridgehead atoms. The molecule has 0 aliphatic carbocycles. The van der Waals surface area contributed by atoms with E-state index >= 15 is 0 Å². The van der Waals surface area contributed by atoms with Crippen LogP contribution in [0.25, 0.3) is 10.9 Å². The molecule has 0 aliphatic rings. The monoisotopic (exact) mass is 796 g/mol. The molecule has 0 unspecified atom stereocenters. The maximum absolute atomic E-state index is 14.2. The van der Waals surface area contributed by atoms with Gasteiger partial charge < -0.3 is 53.2 Å². The first-order chi connectivity index (χ1) is 26.6. The smallest absolute Gasteiger partial charge is 0.326 e. The highest BCUT2D eigenvalue weighted by Gasteiger charge is 2.34. The number of nitrogens with one attached hydrogen (secondary N) is 6. The quantitative estimate of drug-likeness (QED) is 0.0608. The maximum Gasteiger partial charge on any atom is 0.326 e. The summed E-state index contributed by atoms with van der Waals surface area (Å²) < 4.78 is 0. The molecular formula is C38H52N8O9S. The topological polar surface area (TPSA) is 288 Å². The molecule has 0 saturated heterocycles. The Morgan fingerprint density at radius 2 is 1.25 bits per heavy atom. The number of carbonyl (C=O) groups excluding carboxylic acids is 5. The lowest BCUT2D eigenvalue weighted by Gasteiger charge is -2.27. The Kier molecular flexibility index (Phi) is 17.8. The summed E-state index contributed by atoms with van der Waals surface area (Å²) in [5.74, 6) is -6.37. The molecule has 0 spiro atoms. The summed E-state index contributed by atoms with van der Waals surface area (Å²) in [6, 6.07) is 7.91. The first-order valence-corrected chi connectivity index (χ1v) is 19.5. The van der Waals surface area contributed by atoms with Gasteiger partial charge in [-0.05, 0) is 48.0 Å². The van der Waals surface area contributed by atoms with E-state index in [0.717, 1.165) is 10.9 Å². The molecule has 3 rings (SSSR count). The van der Waals surface area contributed by atoms with Crippen LogP contribution in [0.1, 0.15) is 44.2 Å². The number of fused-ring (bicyclic) bond motifs is 1. The molecule has 18 heteroatoms. The van der Waals surface area contributed by atoms with Crippen LogP contribution in [0, 0.1) is 5.92 Å². The summed E-state index contributed by atoms with van der Waals surface area (Å²) in [4.78, 5) is 94.6. The molecule has 0 aliphatic heterocycles. The number of nitrogens with two attached hydrogens (primary N) is 2. The summed E-state index contributed by atoms with van der Waals surface area (Å²) in [6.07, 6.45) is 2.89. The average Bonchev–Trinajstić information content (AvgIpc) is 3.57. The average molecular weight is 797 g/mol. The van der Waals surface area contributed by atoms with E-state index in [0.29, 0.717) is 16.9 Å². The predicted octanol–water partition coefficient (Wildman–Crippen LogP) is 0.0216. The zero-order valence-corrected chi connectivity index (χ0v) is 32.4. The molecule has 2 aromatic carbocycles. The van der Waals surface area contributed by atoms with Gasteiger partial charge in [0, 0.05) is 36.5 Å². The van der Waals surface area contributed by atoms with Gasteiger partial charge >= 0.3 is 11.9 Å². The van der Waals surface area contributed by atoms with Crippen molar-refractivity contribution in [2.24, 2.45) is 17.4 Å². The number of para-hydroxylation sites is 1. The molecule has 3 aromatic rings. The second-order valence-electron chi connectivity index (χ2n) is 13.7. The van der Waals surface area contributed by atoms with Crippen LogP contribution < -0.4 is 38.1 Å².